The van der Waals surface area contributed by atoms with Gasteiger partial charge in [0.15, 0.2) is 4.80 Å². The fraction of sp³-hybridized carbons (Fsp3) is 0.323. The Morgan fingerprint density at radius 3 is 2.50 bits per heavy atom. The third kappa shape index (κ3) is 4.15. The number of para-hydroxylation sites is 1. The fourth-order valence-corrected chi connectivity index (χ4v) is 6.38. The molecular formula is C31H33N3O3S. The number of nitrogens with zero attached hydrogens (tertiary/aromatic N) is 3. The molecule has 0 N–H and O–H groups in total. The summed E-state index contributed by atoms with van der Waals surface area (Å²) in [6.45, 7) is 12.3. The van der Waals surface area contributed by atoms with Crippen LogP contribution in [0, 0.1) is 13.8 Å². The second kappa shape index (κ2) is 9.87. The number of hydrogen-bond acceptors (Lipinski definition) is 5. The Bertz CT molecular complexity index is 1780. The van der Waals surface area contributed by atoms with Crippen LogP contribution in [0.3, 0.4) is 0 Å². The number of aromatic nitrogens is 2. The van der Waals surface area contributed by atoms with Crippen molar-refractivity contribution in [3.05, 3.63) is 101 Å². The van der Waals surface area contributed by atoms with Gasteiger partial charge in [0.2, 0.25) is 0 Å². The summed E-state index contributed by atoms with van der Waals surface area (Å²) in [5.74, 6) is -0.0678. The van der Waals surface area contributed by atoms with E-state index in [4.69, 9.17) is 9.73 Å². The van der Waals surface area contributed by atoms with Crippen molar-refractivity contribution in [3.63, 3.8) is 0 Å². The van der Waals surface area contributed by atoms with Gasteiger partial charge >= 0.3 is 5.97 Å². The molecule has 0 unspecified atom stereocenters. The molecule has 3 heterocycles. The number of carbonyl (C=O) groups excluding carboxylic acids is 1. The minimum atomic E-state index is -0.607. The maximum Gasteiger partial charge on any atom is 0.338 e. The third-order valence-electron chi connectivity index (χ3n) is 7.47. The minimum Gasteiger partial charge on any atom is -0.463 e. The highest BCUT2D eigenvalue weighted by atomic mass is 32.1. The van der Waals surface area contributed by atoms with Crippen LogP contribution >= 0.6 is 11.3 Å². The highest BCUT2D eigenvalue weighted by Gasteiger charge is 2.33. The molecule has 0 aliphatic carbocycles. The van der Waals surface area contributed by atoms with Gasteiger partial charge in [0, 0.05) is 23.7 Å². The van der Waals surface area contributed by atoms with Crippen LogP contribution in [0.4, 0.5) is 0 Å². The lowest BCUT2D eigenvalue weighted by Crippen LogP contribution is -2.40. The van der Waals surface area contributed by atoms with Crippen LogP contribution in [-0.4, -0.2) is 21.7 Å². The number of rotatable bonds is 5. The average molecular weight is 528 g/mol. The molecule has 1 aliphatic heterocycles. The quantitative estimate of drug-likeness (QED) is 0.342. The summed E-state index contributed by atoms with van der Waals surface area (Å²) in [4.78, 5) is 32.5. The summed E-state index contributed by atoms with van der Waals surface area (Å²) >= 11 is 1.36. The molecule has 196 valence electrons. The molecule has 4 aromatic rings. The SMILES string of the molecule is CCOC(=O)C1=C(C)N=c2s/c(=C\c3c(C)n(C)c4c(C)cccc34)c(=O)n2[C@H]1c1ccc(C(C)C)cc1. The molecule has 0 amide bonds. The number of thiazole rings is 1. The fourth-order valence-electron chi connectivity index (χ4n) is 5.35. The number of carbonyl (C=O) groups is 1. The van der Waals surface area contributed by atoms with Crippen LogP contribution < -0.4 is 14.9 Å². The molecule has 1 atom stereocenters. The van der Waals surface area contributed by atoms with Crippen LogP contribution in [0.1, 0.15) is 67.6 Å². The lowest BCUT2D eigenvalue weighted by Gasteiger charge is -2.25. The van der Waals surface area contributed by atoms with Crippen molar-refractivity contribution in [1.29, 1.82) is 0 Å². The average Bonchev–Trinajstić information content (AvgIpc) is 3.32. The van der Waals surface area contributed by atoms with Gasteiger partial charge in [-0.1, -0.05) is 67.6 Å². The zero-order chi connectivity index (χ0) is 27.3. The van der Waals surface area contributed by atoms with Gasteiger partial charge in [0.1, 0.15) is 0 Å². The summed E-state index contributed by atoms with van der Waals surface area (Å²) in [5, 5.41) is 1.11. The van der Waals surface area contributed by atoms with Crippen LogP contribution in [-0.2, 0) is 16.6 Å². The Labute approximate surface area is 226 Å². The molecule has 38 heavy (non-hydrogen) atoms. The van der Waals surface area contributed by atoms with E-state index in [1.165, 1.54) is 22.5 Å². The normalized spacial score (nSPS) is 15.8. The minimum absolute atomic E-state index is 0.162. The van der Waals surface area contributed by atoms with Crippen molar-refractivity contribution in [2.45, 2.75) is 53.5 Å². The number of fused-ring (bicyclic) bond motifs is 2. The Balaban J connectivity index is 1.76. The van der Waals surface area contributed by atoms with Crippen molar-refractivity contribution >= 4 is 34.3 Å². The first-order chi connectivity index (χ1) is 18.1. The van der Waals surface area contributed by atoms with Gasteiger partial charge in [0.25, 0.3) is 5.56 Å². The zero-order valence-electron chi connectivity index (χ0n) is 23.0. The van der Waals surface area contributed by atoms with Gasteiger partial charge in [-0.3, -0.25) is 9.36 Å². The van der Waals surface area contributed by atoms with Crippen molar-refractivity contribution in [2.24, 2.45) is 12.0 Å². The predicted octanol–water partition coefficient (Wildman–Crippen LogP) is 5.03. The Morgan fingerprint density at radius 1 is 1.13 bits per heavy atom. The lowest BCUT2D eigenvalue weighted by atomic mass is 9.93. The largest absolute Gasteiger partial charge is 0.463 e. The van der Waals surface area contributed by atoms with Crippen LogP contribution in [0.25, 0.3) is 17.0 Å². The number of aryl methyl sites for hydroxylation is 2. The molecule has 0 radical (unpaired) electrons. The summed E-state index contributed by atoms with van der Waals surface area (Å²) in [6.07, 6.45) is 1.98. The second-order valence-corrected chi connectivity index (χ2v) is 11.2. The molecule has 1 aliphatic rings. The number of hydrogen-bond donors (Lipinski definition) is 0. The van der Waals surface area contributed by atoms with E-state index in [9.17, 15) is 9.59 Å². The third-order valence-corrected chi connectivity index (χ3v) is 8.45. The summed E-state index contributed by atoms with van der Waals surface area (Å²) in [6, 6.07) is 13.8. The Hall–Kier alpha value is -3.71. The van der Waals surface area contributed by atoms with Crippen LogP contribution in [0.2, 0.25) is 0 Å². The monoisotopic (exact) mass is 527 g/mol. The van der Waals surface area contributed by atoms with Crippen molar-refractivity contribution in [3.8, 4) is 0 Å². The first kappa shape index (κ1) is 25.9. The molecule has 2 aromatic carbocycles. The molecule has 0 saturated heterocycles. The standard InChI is InChI=1S/C31H33N3O3S/c1-8-37-30(36)26-19(5)32-31-34(28(26)22-14-12-21(13-15-22)17(2)3)29(35)25(38-31)16-24-20(6)33(7)27-18(4)10-9-11-23(24)27/h9-17,28H,8H2,1-7H3/b25-16-/t28-/m0/s1. The molecular weight excluding hydrogens is 494 g/mol. The first-order valence-corrected chi connectivity index (χ1v) is 13.8. The number of ether oxygens (including phenoxy) is 1. The Kier molecular flexibility index (Phi) is 6.73. The van der Waals surface area contributed by atoms with Gasteiger partial charge in [0.05, 0.1) is 34.0 Å². The molecule has 2 aromatic heterocycles. The van der Waals surface area contributed by atoms with Gasteiger partial charge in [-0.15, -0.1) is 0 Å². The molecule has 0 saturated carbocycles. The van der Waals surface area contributed by atoms with E-state index in [2.05, 4.69) is 63.6 Å². The number of benzene rings is 2. The Morgan fingerprint density at radius 2 is 1.84 bits per heavy atom. The van der Waals surface area contributed by atoms with E-state index in [-0.39, 0.29) is 12.2 Å². The van der Waals surface area contributed by atoms with Crippen LogP contribution in [0.5, 0.6) is 0 Å². The van der Waals surface area contributed by atoms with Crippen LogP contribution in [0.15, 0.2) is 63.5 Å². The van der Waals surface area contributed by atoms with E-state index < -0.39 is 12.0 Å². The number of esters is 1. The van der Waals surface area contributed by atoms with Gasteiger partial charge < -0.3 is 9.30 Å². The van der Waals surface area contributed by atoms with E-state index in [0.29, 0.717) is 26.5 Å². The van der Waals surface area contributed by atoms with Crippen molar-refractivity contribution in [1.82, 2.24) is 9.13 Å². The maximum absolute atomic E-state index is 14.0. The second-order valence-electron chi connectivity index (χ2n) is 10.2. The van der Waals surface area contributed by atoms with E-state index >= 15 is 0 Å². The number of allylic oxidation sites excluding steroid dienone is 1. The topological polar surface area (TPSA) is 65.6 Å². The van der Waals surface area contributed by atoms with Gasteiger partial charge in [-0.05, 0) is 56.4 Å². The van der Waals surface area contributed by atoms with Gasteiger partial charge in [-0.2, -0.15) is 0 Å². The summed E-state index contributed by atoms with van der Waals surface area (Å²) in [5.41, 5.74) is 7.33. The first-order valence-electron chi connectivity index (χ1n) is 13.0. The predicted molar refractivity (Wildman–Crippen MR) is 153 cm³/mol. The summed E-state index contributed by atoms with van der Waals surface area (Å²) in [7, 11) is 2.05. The molecule has 0 spiro atoms. The lowest BCUT2D eigenvalue weighted by molar-refractivity contribution is -0.139. The van der Waals surface area contributed by atoms with E-state index in [0.717, 1.165) is 27.7 Å². The molecule has 0 fully saturated rings. The maximum atomic E-state index is 14.0. The molecule has 6 nitrogen and oxygen atoms in total. The molecule has 7 heteroatoms. The highest BCUT2D eigenvalue weighted by molar-refractivity contribution is 7.07. The van der Waals surface area contributed by atoms with Crippen molar-refractivity contribution < 1.29 is 9.53 Å². The molecule has 5 rings (SSSR count). The highest BCUT2D eigenvalue weighted by Crippen LogP contribution is 2.32. The van der Waals surface area contributed by atoms with E-state index in [1.54, 1.807) is 11.5 Å². The smallest absolute Gasteiger partial charge is 0.338 e. The van der Waals surface area contributed by atoms with Crippen molar-refractivity contribution in [2.75, 3.05) is 6.61 Å². The van der Waals surface area contributed by atoms with Gasteiger partial charge in [-0.25, -0.2) is 9.79 Å². The summed E-state index contributed by atoms with van der Waals surface area (Å²) < 4.78 is 9.84. The zero-order valence-corrected chi connectivity index (χ0v) is 23.8. The molecule has 0 bridgehead atoms. The van der Waals surface area contributed by atoms with E-state index in [1.807, 2.05) is 31.2 Å².